The number of hydrogen-bond donors (Lipinski definition) is 0. The van der Waals surface area contributed by atoms with Crippen LogP contribution in [0, 0.1) is 5.92 Å². The van der Waals surface area contributed by atoms with Crippen LogP contribution in [0.4, 0.5) is 0 Å². The first-order valence-electron chi connectivity index (χ1n) is 12.9. The minimum atomic E-state index is -3.57. The highest BCUT2D eigenvalue weighted by molar-refractivity contribution is 7.89. The van der Waals surface area contributed by atoms with Gasteiger partial charge < -0.3 is 14.2 Å². The van der Waals surface area contributed by atoms with Gasteiger partial charge in [-0.1, -0.05) is 12.8 Å². The fourth-order valence-corrected chi connectivity index (χ4v) is 7.52. The molecule has 34 heavy (non-hydrogen) atoms. The molecule has 186 valence electrons. The standard InChI is InChI=1S/C25H36N4O4S/c1-2-28-23-10-9-20(34(31,32)27-14-16-33-17-15-27)18-21(23)26-24(28)11-12-25(30)29-13-5-7-19-6-3-4-8-22(19)29/h9-10,18-19,22H,2-8,11-17H2,1H3. The zero-order valence-electron chi connectivity index (χ0n) is 20.1. The molecule has 9 heteroatoms. The number of likely N-dealkylation sites (tertiary alicyclic amines) is 1. The summed E-state index contributed by atoms with van der Waals surface area (Å²) in [5, 5.41) is 0. The lowest BCUT2D eigenvalue weighted by molar-refractivity contribution is -0.137. The number of morpholine rings is 1. The summed E-state index contributed by atoms with van der Waals surface area (Å²) in [5.74, 6) is 1.77. The molecule has 2 unspecified atom stereocenters. The normalized spacial score (nSPS) is 24.3. The molecule has 0 radical (unpaired) electrons. The van der Waals surface area contributed by atoms with E-state index >= 15 is 0 Å². The molecule has 2 aliphatic heterocycles. The zero-order valence-corrected chi connectivity index (χ0v) is 20.9. The van der Waals surface area contributed by atoms with Gasteiger partial charge in [0.25, 0.3) is 0 Å². The first kappa shape index (κ1) is 23.8. The van der Waals surface area contributed by atoms with E-state index in [-0.39, 0.29) is 10.8 Å². The smallest absolute Gasteiger partial charge is 0.243 e. The Morgan fingerprint density at radius 2 is 1.85 bits per heavy atom. The second-order valence-corrected chi connectivity index (χ2v) is 11.7. The first-order valence-corrected chi connectivity index (χ1v) is 14.3. The van der Waals surface area contributed by atoms with Gasteiger partial charge in [-0.25, -0.2) is 13.4 Å². The van der Waals surface area contributed by atoms with Crippen molar-refractivity contribution < 1.29 is 17.9 Å². The zero-order chi connectivity index (χ0) is 23.7. The molecule has 1 saturated carbocycles. The van der Waals surface area contributed by atoms with Crippen LogP contribution in [0.3, 0.4) is 0 Å². The second kappa shape index (κ2) is 9.95. The molecule has 0 N–H and O–H groups in total. The predicted octanol–water partition coefficient (Wildman–Crippen LogP) is 3.19. The van der Waals surface area contributed by atoms with Crippen molar-refractivity contribution in [3.63, 3.8) is 0 Å². The molecule has 5 rings (SSSR count). The summed E-state index contributed by atoms with van der Waals surface area (Å²) in [7, 11) is -3.57. The van der Waals surface area contributed by atoms with Gasteiger partial charge in [-0.05, 0) is 56.7 Å². The third kappa shape index (κ3) is 4.50. The molecule has 3 heterocycles. The Balaban J connectivity index is 1.33. The van der Waals surface area contributed by atoms with Crippen molar-refractivity contribution in [1.29, 1.82) is 0 Å². The Bertz CT molecular complexity index is 1140. The quantitative estimate of drug-likeness (QED) is 0.624. The van der Waals surface area contributed by atoms with Crippen molar-refractivity contribution in [3.8, 4) is 0 Å². The number of benzene rings is 1. The topological polar surface area (TPSA) is 84.7 Å². The highest BCUT2D eigenvalue weighted by Crippen LogP contribution is 2.35. The molecule has 8 nitrogen and oxygen atoms in total. The van der Waals surface area contributed by atoms with E-state index in [1.807, 2.05) is 6.07 Å². The highest BCUT2D eigenvalue weighted by atomic mass is 32.2. The number of ether oxygens (including phenoxy) is 1. The Kier molecular flexibility index (Phi) is 6.95. The van der Waals surface area contributed by atoms with Crippen LogP contribution in [0.2, 0.25) is 0 Å². The third-order valence-corrected chi connectivity index (χ3v) is 9.74. The molecule has 1 aliphatic carbocycles. The molecular formula is C25H36N4O4S. The van der Waals surface area contributed by atoms with E-state index in [0.717, 1.165) is 37.3 Å². The monoisotopic (exact) mass is 488 g/mol. The summed E-state index contributed by atoms with van der Waals surface area (Å²) in [6.07, 6.45) is 8.32. The molecule has 2 atom stereocenters. The maximum atomic E-state index is 13.2. The molecule has 3 aliphatic rings. The first-order chi connectivity index (χ1) is 16.5. The number of imidazole rings is 1. The van der Waals surface area contributed by atoms with E-state index in [1.54, 1.807) is 12.1 Å². The van der Waals surface area contributed by atoms with Gasteiger partial charge in [0.05, 0.1) is 29.1 Å². The number of aromatic nitrogens is 2. The molecule has 2 saturated heterocycles. The van der Waals surface area contributed by atoms with Gasteiger partial charge in [0.15, 0.2) is 0 Å². The maximum Gasteiger partial charge on any atom is 0.243 e. The number of carbonyl (C=O) groups is 1. The molecule has 0 bridgehead atoms. The van der Waals surface area contributed by atoms with Gasteiger partial charge >= 0.3 is 0 Å². The summed E-state index contributed by atoms with van der Waals surface area (Å²) in [6.45, 7) is 5.25. The number of nitrogens with zero attached hydrogens (tertiary/aromatic N) is 4. The average Bonchev–Trinajstić information content (AvgIpc) is 3.24. The Hall–Kier alpha value is -1.97. The number of hydrogen-bond acceptors (Lipinski definition) is 5. The summed E-state index contributed by atoms with van der Waals surface area (Å²) in [5.41, 5.74) is 1.58. The Morgan fingerprint density at radius 3 is 2.65 bits per heavy atom. The van der Waals surface area contributed by atoms with E-state index in [9.17, 15) is 13.2 Å². The average molecular weight is 489 g/mol. The summed E-state index contributed by atoms with van der Waals surface area (Å²) in [6, 6.07) is 5.62. The molecule has 1 aromatic carbocycles. The third-order valence-electron chi connectivity index (χ3n) is 7.85. The van der Waals surface area contributed by atoms with Gasteiger partial charge in [-0.15, -0.1) is 0 Å². The number of rotatable bonds is 6. The molecule has 3 fully saturated rings. The summed E-state index contributed by atoms with van der Waals surface area (Å²) >= 11 is 0. The molecule has 1 amide bonds. The van der Waals surface area contributed by atoms with Crippen molar-refractivity contribution in [2.45, 2.75) is 75.8 Å². The van der Waals surface area contributed by atoms with Crippen molar-refractivity contribution in [1.82, 2.24) is 18.8 Å². The van der Waals surface area contributed by atoms with Crippen molar-refractivity contribution in [2.75, 3.05) is 32.8 Å². The lowest BCUT2D eigenvalue weighted by Gasteiger charge is -2.44. The van der Waals surface area contributed by atoms with Crippen LogP contribution in [0.1, 0.15) is 57.7 Å². The summed E-state index contributed by atoms with van der Waals surface area (Å²) in [4.78, 5) is 20.4. The SMILES string of the molecule is CCn1c(CCC(=O)N2CCCC3CCCCC32)nc2cc(S(=O)(=O)N3CCOCC3)ccc21. The van der Waals surface area contributed by atoms with Crippen molar-refractivity contribution >= 4 is 27.0 Å². The minimum Gasteiger partial charge on any atom is -0.379 e. The van der Waals surface area contributed by atoms with E-state index in [1.165, 1.54) is 30.0 Å². The number of fused-ring (bicyclic) bond motifs is 2. The van der Waals surface area contributed by atoms with Gasteiger partial charge in [-0.2, -0.15) is 4.31 Å². The van der Waals surface area contributed by atoms with E-state index < -0.39 is 10.0 Å². The van der Waals surface area contributed by atoms with E-state index in [0.29, 0.717) is 56.6 Å². The van der Waals surface area contributed by atoms with E-state index in [4.69, 9.17) is 9.72 Å². The van der Waals surface area contributed by atoms with Crippen molar-refractivity contribution in [3.05, 3.63) is 24.0 Å². The minimum absolute atomic E-state index is 0.238. The molecular weight excluding hydrogens is 452 g/mol. The second-order valence-electron chi connectivity index (χ2n) is 9.78. The Labute approximate surface area is 202 Å². The van der Waals surface area contributed by atoms with Gasteiger partial charge in [-0.3, -0.25) is 4.79 Å². The lowest BCUT2D eigenvalue weighted by atomic mass is 9.78. The van der Waals surface area contributed by atoms with Crippen LogP contribution in [0.5, 0.6) is 0 Å². The number of aryl methyl sites for hydroxylation is 2. The van der Waals surface area contributed by atoms with Crippen LogP contribution in [-0.2, 0) is 32.5 Å². The molecule has 0 spiro atoms. The van der Waals surface area contributed by atoms with Crippen LogP contribution >= 0.6 is 0 Å². The lowest BCUT2D eigenvalue weighted by Crippen LogP contribution is -2.49. The van der Waals surface area contributed by atoms with Gasteiger partial charge in [0.2, 0.25) is 15.9 Å². The highest BCUT2D eigenvalue weighted by Gasteiger charge is 2.35. The van der Waals surface area contributed by atoms with Crippen LogP contribution < -0.4 is 0 Å². The van der Waals surface area contributed by atoms with E-state index in [2.05, 4.69) is 16.4 Å². The molecule has 2 aromatic rings. The van der Waals surface area contributed by atoms with Crippen molar-refractivity contribution in [2.24, 2.45) is 5.92 Å². The number of carbonyl (C=O) groups excluding carboxylic acids is 1. The van der Waals surface area contributed by atoms with Gasteiger partial charge in [0, 0.05) is 45.1 Å². The number of sulfonamides is 1. The molecule has 1 aromatic heterocycles. The maximum absolute atomic E-state index is 13.2. The summed E-state index contributed by atoms with van der Waals surface area (Å²) < 4.78 is 35.0. The van der Waals surface area contributed by atoms with Crippen LogP contribution in [0.25, 0.3) is 11.0 Å². The predicted molar refractivity (Wildman–Crippen MR) is 130 cm³/mol. The van der Waals surface area contributed by atoms with Crippen LogP contribution in [0.15, 0.2) is 23.1 Å². The Morgan fingerprint density at radius 1 is 1.09 bits per heavy atom. The fourth-order valence-electron chi connectivity index (χ4n) is 6.10. The van der Waals surface area contributed by atoms with Gasteiger partial charge in [0.1, 0.15) is 5.82 Å². The van der Waals surface area contributed by atoms with Crippen LogP contribution in [-0.4, -0.2) is 72.0 Å². The largest absolute Gasteiger partial charge is 0.379 e. The number of amides is 1. The number of piperidine rings is 1. The fraction of sp³-hybridized carbons (Fsp3) is 0.680.